The van der Waals surface area contributed by atoms with Crippen LogP contribution in [0.1, 0.15) is 10.4 Å². The van der Waals surface area contributed by atoms with Crippen molar-refractivity contribution < 1.29 is 9.18 Å². The average molecular weight is 411 g/mol. The van der Waals surface area contributed by atoms with Crippen molar-refractivity contribution in [3.8, 4) is 0 Å². The van der Waals surface area contributed by atoms with Gasteiger partial charge in [0.25, 0.3) is 5.91 Å². The number of carbonyl (C=O) groups is 1. The Hall–Kier alpha value is -0.920. The summed E-state index contributed by atoms with van der Waals surface area (Å²) >= 11 is 13.3. The number of pyridine rings is 1. The van der Waals surface area contributed by atoms with Gasteiger partial charge in [0.05, 0.1) is 5.56 Å². The van der Waals surface area contributed by atoms with Crippen LogP contribution in [0.25, 0.3) is 0 Å². The Labute approximate surface area is 132 Å². The predicted molar refractivity (Wildman–Crippen MR) is 81.3 cm³/mol. The standard InChI is InChI=1S/C12H6Cl2FIN2O/c13-9-4-6(5-10(14)18-9)17-12(19)11-7(15)2-1-3-8(11)16/h1-5H,(H,17,18,19). The molecule has 1 heterocycles. The summed E-state index contributed by atoms with van der Waals surface area (Å²) in [6.45, 7) is 0. The first-order valence-electron chi connectivity index (χ1n) is 5.06. The molecule has 0 bridgehead atoms. The van der Waals surface area contributed by atoms with Gasteiger partial charge in [-0.05, 0) is 46.9 Å². The fraction of sp³-hybridized carbons (Fsp3) is 0. The highest BCUT2D eigenvalue weighted by atomic mass is 127. The molecule has 2 aromatic rings. The third kappa shape index (κ3) is 3.55. The van der Waals surface area contributed by atoms with E-state index in [2.05, 4.69) is 10.3 Å². The molecule has 0 saturated heterocycles. The Morgan fingerprint density at radius 1 is 1.26 bits per heavy atom. The molecule has 1 N–H and O–H groups in total. The van der Waals surface area contributed by atoms with Gasteiger partial charge in [-0.1, -0.05) is 29.3 Å². The zero-order chi connectivity index (χ0) is 14.0. The van der Waals surface area contributed by atoms with Gasteiger partial charge in [0.15, 0.2) is 0 Å². The average Bonchev–Trinajstić information content (AvgIpc) is 2.26. The molecule has 0 aliphatic heterocycles. The minimum absolute atomic E-state index is 0.0212. The topological polar surface area (TPSA) is 42.0 Å². The number of amides is 1. The van der Waals surface area contributed by atoms with Crippen molar-refractivity contribution in [2.75, 3.05) is 5.32 Å². The number of hydrogen-bond acceptors (Lipinski definition) is 2. The Balaban J connectivity index is 2.31. The normalized spacial score (nSPS) is 10.3. The van der Waals surface area contributed by atoms with E-state index in [1.54, 1.807) is 6.07 Å². The van der Waals surface area contributed by atoms with Crippen molar-refractivity contribution in [1.29, 1.82) is 0 Å². The Morgan fingerprint density at radius 2 is 1.89 bits per heavy atom. The van der Waals surface area contributed by atoms with Crippen LogP contribution in [0.15, 0.2) is 30.3 Å². The molecule has 0 atom stereocenters. The van der Waals surface area contributed by atoms with Crippen molar-refractivity contribution >= 4 is 57.4 Å². The van der Waals surface area contributed by atoms with Crippen LogP contribution in [0.3, 0.4) is 0 Å². The summed E-state index contributed by atoms with van der Waals surface area (Å²) in [5.41, 5.74) is 0.334. The molecule has 7 heteroatoms. The highest BCUT2D eigenvalue weighted by Crippen LogP contribution is 2.21. The lowest BCUT2D eigenvalue weighted by Crippen LogP contribution is -2.15. The molecule has 98 valence electrons. The number of nitrogens with zero attached hydrogens (tertiary/aromatic N) is 1. The van der Waals surface area contributed by atoms with E-state index in [9.17, 15) is 9.18 Å². The van der Waals surface area contributed by atoms with Gasteiger partial charge in [-0.15, -0.1) is 0 Å². The Bertz CT molecular complexity index is 611. The van der Waals surface area contributed by atoms with Crippen LogP contribution in [-0.2, 0) is 0 Å². The number of benzene rings is 1. The summed E-state index contributed by atoms with van der Waals surface area (Å²) in [4.78, 5) is 15.8. The van der Waals surface area contributed by atoms with Gasteiger partial charge < -0.3 is 5.32 Å². The van der Waals surface area contributed by atoms with Crippen molar-refractivity contribution in [2.24, 2.45) is 0 Å². The van der Waals surface area contributed by atoms with Gasteiger partial charge in [0.1, 0.15) is 16.1 Å². The van der Waals surface area contributed by atoms with Crippen molar-refractivity contribution in [3.63, 3.8) is 0 Å². The quantitative estimate of drug-likeness (QED) is 0.589. The van der Waals surface area contributed by atoms with Crippen LogP contribution in [-0.4, -0.2) is 10.9 Å². The summed E-state index contributed by atoms with van der Waals surface area (Å²) in [5, 5.41) is 2.82. The van der Waals surface area contributed by atoms with E-state index in [-0.39, 0.29) is 15.9 Å². The monoisotopic (exact) mass is 410 g/mol. The molecule has 2 rings (SSSR count). The largest absolute Gasteiger partial charge is 0.322 e. The van der Waals surface area contributed by atoms with Gasteiger partial charge in [-0.3, -0.25) is 4.79 Å². The fourth-order valence-electron chi connectivity index (χ4n) is 1.45. The van der Waals surface area contributed by atoms with E-state index in [0.717, 1.165) is 0 Å². The number of halogens is 4. The second-order valence-corrected chi connectivity index (χ2v) is 5.49. The summed E-state index contributed by atoms with van der Waals surface area (Å²) in [7, 11) is 0. The van der Waals surface area contributed by atoms with Crippen molar-refractivity contribution in [2.45, 2.75) is 0 Å². The maximum Gasteiger partial charge on any atom is 0.259 e. The highest BCUT2D eigenvalue weighted by Gasteiger charge is 2.15. The number of hydrogen-bond donors (Lipinski definition) is 1. The molecule has 0 aliphatic rings. The number of anilines is 1. The Morgan fingerprint density at radius 3 is 2.47 bits per heavy atom. The van der Waals surface area contributed by atoms with Crippen molar-refractivity contribution in [3.05, 3.63) is 55.6 Å². The first-order chi connectivity index (χ1) is 8.97. The highest BCUT2D eigenvalue weighted by molar-refractivity contribution is 14.1. The van der Waals surface area contributed by atoms with Crippen LogP contribution in [0.4, 0.5) is 10.1 Å². The summed E-state index contributed by atoms with van der Waals surface area (Å²) in [5.74, 6) is -1.16. The minimum Gasteiger partial charge on any atom is -0.322 e. The van der Waals surface area contributed by atoms with Crippen molar-refractivity contribution in [1.82, 2.24) is 4.98 Å². The molecule has 0 unspecified atom stereocenters. The molecule has 3 nitrogen and oxygen atoms in total. The second kappa shape index (κ2) is 6.02. The summed E-state index contributed by atoms with van der Waals surface area (Å²) in [6.07, 6.45) is 0. The SMILES string of the molecule is O=C(Nc1cc(Cl)nc(Cl)c1)c1c(F)cccc1I. The van der Waals surface area contributed by atoms with E-state index in [0.29, 0.717) is 9.26 Å². The molecule has 19 heavy (non-hydrogen) atoms. The second-order valence-electron chi connectivity index (χ2n) is 3.55. The van der Waals surface area contributed by atoms with Crippen LogP contribution in [0, 0.1) is 9.39 Å². The first kappa shape index (κ1) is 14.5. The van der Waals surface area contributed by atoms with Gasteiger partial charge in [-0.25, -0.2) is 9.37 Å². The number of carbonyl (C=O) groups excluding carboxylic acids is 1. The lowest BCUT2D eigenvalue weighted by molar-refractivity contribution is 0.102. The maximum absolute atomic E-state index is 13.6. The zero-order valence-corrected chi connectivity index (χ0v) is 12.9. The molecule has 0 fully saturated rings. The summed E-state index contributed by atoms with van der Waals surface area (Å²) in [6, 6.07) is 7.26. The molecule has 0 saturated carbocycles. The molecule has 0 aliphatic carbocycles. The van der Waals surface area contributed by atoms with E-state index < -0.39 is 11.7 Å². The van der Waals surface area contributed by atoms with Gasteiger partial charge in [0.2, 0.25) is 0 Å². The molecule has 0 spiro atoms. The van der Waals surface area contributed by atoms with E-state index in [1.165, 1.54) is 24.3 Å². The molecule has 1 aromatic heterocycles. The third-order valence-corrected chi connectivity index (χ3v) is 3.50. The van der Waals surface area contributed by atoms with E-state index in [1.807, 2.05) is 22.6 Å². The number of aromatic nitrogens is 1. The van der Waals surface area contributed by atoms with Gasteiger partial charge >= 0.3 is 0 Å². The summed E-state index contributed by atoms with van der Waals surface area (Å²) < 4.78 is 14.1. The fourth-order valence-corrected chi connectivity index (χ4v) is 2.62. The Kier molecular flexibility index (Phi) is 4.59. The van der Waals surface area contributed by atoms with E-state index >= 15 is 0 Å². The molecule has 1 aromatic carbocycles. The predicted octanol–water partition coefficient (Wildman–Crippen LogP) is 4.38. The van der Waals surface area contributed by atoms with Crippen LogP contribution in [0.5, 0.6) is 0 Å². The minimum atomic E-state index is -0.587. The van der Waals surface area contributed by atoms with Gasteiger partial charge in [0, 0.05) is 9.26 Å². The number of nitrogens with one attached hydrogen (secondary N) is 1. The zero-order valence-electron chi connectivity index (χ0n) is 9.25. The first-order valence-corrected chi connectivity index (χ1v) is 6.89. The molecule has 1 amide bonds. The third-order valence-electron chi connectivity index (χ3n) is 2.21. The lowest BCUT2D eigenvalue weighted by Gasteiger charge is -2.08. The maximum atomic E-state index is 13.6. The van der Waals surface area contributed by atoms with Gasteiger partial charge in [-0.2, -0.15) is 0 Å². The van der Waals surface area contributed by atoms with Crippen LogP contribution in [0.2, 0.25) is 10.3 Å². The van der Waals surface area contributed by atoms with Crippen LogP contribution >= 0.6 is 45.8 Å². The molecule has 0 radical (unpaired) electrons. The lowest BCUT2D eigenvalue weighted by atomic mass is 10.2. The van der Waals surface area contributed by atoms with E-state index in [4.69, 9.17) is 23.2 Å². The number of rotatable bonds is 2. The molecular formula is C12H6Cl2FIN2O. The molecular weight excluding hydrogens is 405 g/mol. The smallest absolute Gasteiger partial charge is 0.259 e. The van der Waals surface area contributed by atoms with Crippen LogP contribution < -0.4 is 5.32 Å².